The lowest BCUT2D eigenvalue weighted by Gasteiger charge is -2.07. The number of nitro groups is 1. The number of benzene rings is 2. The fourth-order valence-electron chi connectivity index (χ4n) is 2.65. The van der Waals surface area contributed by atoms with E-state index in [0.29, 0.717) is 22.3 Å². The van der Waals surface area contributed by atoms with E-state index in [-0.39, 0.29) is 22.9 Å². The molecule has 8 heteroatoms. The van der Waals surface area contributed by atoms with E-state index >= 15 is 0 Å². The van der Waals surface area contributed by atoms with Gasteiger partial charge in [0.1, 0.15) is 5.52 Å². The summed E-state index contributed by atoms with van der Waals surface area (Å²) in [6.45, 7) is 7.15. The molecule has 0 aliphatic heterocycles. The molecular formula is C20H16N4O4. The molecule has 140 valence electrons. The highest BCUT2D eigenvalue weighted by Gasteiger charge is 2.16. The average Bonchev–Trinajstić information content (AvgIpc) is 3.02. The minimum atomic E-state index is -0.545. The van der Waals surface area contributed by atoms with Gasteiger partial charge in [0, 0.05) is 29.0 Å². The van der Waals surface area contributed by atoms with Crippen molar-refractivity contribution in [2.24, 2.45) is 0 Å². The second-order valence-corrected chi connectivity index (χ2v) is 5.77. The van der Waals surface area contributed by atoms with Crippen molar-refractivity contribution in [3.63, 3.8) is 0 Å². The fraction of sp³-hybridized carbons (Fsp3) is 0. The Balaban J connectivity index is 1.98. The van der Waals surface area contributed by atoms with Crippen molar-refractivity contribution < 1.29 is 14.9 Å². The number of rotatable bonds is 6. The molecule has 3 rings (SSSR count). The van der Waals surface area contributed by atoms with Crippen LogP contribution in [0.5, 0.6) is 0 Å². The number of carbonyl (C=O) groups is 1. The van der Waals surface area contributed by atoms with E-state index in [9.17, 15) is 20.1 Å². The van der Waals surface area contributed by atoms with E-state index in [4.69, 9.17) is 0 Å². The van der Waals surface area contributed by atoms with Crippen molar-refractivity contribution in [1.29, 1.82) is 0 Å². The second kappa shape index (κ2) is 7.58. The van der Waals surface area contributed by atoms with Gasteiger partial charge in [-0.15, -0.1) is 0 Å². The van der Waals surface area contributed by atoms with Crippen molar-refractivity contribution in [2.45, 2.75) is 0 Å². The van der Waals surface area contributed by atoms with Crippen LogP contribution in [0.15, 0.2) is 79.4 Å². The number of allylic oxidation sites excluding steroid dienone is 2. The molecule has 0 saturated carbocycles. The Labute approximate surface area is 159 Å². The molecule has 0 saturated heterocycles. The highest BCUT2D eigenvalue weighted by atomic mass is 16.6. The number of nitrogens with one attached hydrogen (secondary N) is 1. The van der Waals surface area contributed by atoms with Crippen LogP contribution in [0.2, 0.25) is 0 Å². The quantitative estimate of drug-likeness (QED) is 0.221. The van der Waals surface area contributed by atoms with Gasteiger partial charge in [0.15, 0.2) is 5.82 Å². The molecule has 0 aliphatic carbocycles. The monoisotopic (exact) mass is 376 g/mol. The summed E-state index contributed by atoms with van der Waals surface area (Å²) < 4.78 is 0.788. The Kier molecular flexibility index (Phi) is 5.03. The molecule has 0 aliphatic rings. The summed E-state index contributed by atoms with van der Waals surface area (Å²) in [5.41, 5.74) is 1.81. The number of anilines is 1. The van der Waals surface area contributed by atoms with Gasteiger partial charge in [-0.1, -0.05) is 43.5 Å². The summed E-state index contributed by atoms with van der Waals surface area (Å²) >= 11 is 0. The van der Waals surface area contributed by atoms with E-state index < -0.39 is 4.92 Å². The van der Waals surface area contributed by atoms with Gasteiger partial charge in [-0.25, -0.2) is 4.98 Å². The Morgan fingerprint density at radius 1 is 1.25 bits per heavy atom. The summed E-state index contributed by atoms with van der Waals surface area (Å²) in [7, 11) is 0. The smallest absolute Gasteiger partial charge is 0.271 e. The number of fused-ring (bicyclic) bond motifs is 1. The van der Waals surface area contributed by atoms with Crippen molar-refractivity contribution in [1.82, 2.24) is 9.71 Å². The lowest BCUT2D eigenvalue weighted by atomic mass is 10.1. The van der Waals surface area contributed by atoms with Crippen LogP contribution in [0.4, 0.5) is 11.4 Å². The van der Waals surface area contributed by atoms with Crippen LogP contribution in [-0.4, -0.2) is 25.8 Å². The molecule has 0 bridgehead atoms. The third-order valence-corrected chi connectivity index (χ3v) is 3.98. The zero-order chi connectivity index (χ0) is 20.3. The first-order valence-electron chi connectivity index (χ1n) is 8.17. The molecule has 0 radical (unpaired) electrons. The SMILES string of the molecule is C=C/C=C(\C=C)C(=O)Nc1cccc(-c2nc3ccc([N+](=O)[O-])cc3n2O)c1. The molecule has 0 fully saturated rings. The third kappa shape index (κ3) is 3.51. The summed E-state index contributed by atoms with van der Waals surface area (Å²) in [6.07, 6.45) is 4.44. The van der Waals surface area contributed by atoms with Crippen molar-refractivity contribution in [2.75, 3.05) is 5.32 Å². The first kappa shape index (κ1) is 18.6. The highest BCUT2D eigenvalue weighted by Crippen LogP contribution is 2.27. The van der Waals surface area contributed by atoms with E-state index in [1.807, 2.05) is 0 Å². The summed E-state index contributed by atoms with van der Waals surface area (Å²) in [5.74, 6) is -0.169. The van der Waals surface area contributed by atoms with Crippen LogP contribution in [0.25, 0.3) is 22.4 Å². The van der Waals surface area contributed by atoms with E-state index in [1.54, 1.807) is 24.3 Å². The molecule has 3 aromatic rings. The minimum absolute atomic E-state index is 0.152. The summed E-state index contributed by atoms with van der Waals surface area (Å²) in [5, 5.41) is 24.1. The zero-order valence-corrected chi connectivity index (χ0v) is 14.7. The standard InChI is InChI=1S/C20H16N4O4/c1-3-6-13(4-2)20(25)21-15-8-5-7-14(11-15)19-22-17-10-9-16(24(27)28)12-18(17)23(19)26/h3-12,26H,1-2H2,(H,21,25)/b13-6+. The molecule has 1 aromatic heterocycles. The second-order valence-electron chi connectivity index (χ2n) is 5.77. The van der Waals surface area contributed by atoms with Gasteiger partial charge in [0.25, 0.3) is 11.6 Å². The Morgan fingerprint density at radius 3 is 2.71 bits per heavy atom. The number of nitrogens with zero attached hydrogens (tertiary/aromatic N) is 3. The maximum atomic E-state index is 12.3. The molecule has 2 aromatic carbocycles. The third-order valence-electron chi connectivity index (χ3n) is 3.98. The molecule has 28 heavy (non-hydrogen) atoms. The number of aromatic nitrogens is 2. The van der Waals surface area contributed by atoms with Gasteiger partial charge in [-0.05, 0) is 18.2 Å². The number of imidazole rings is 1. The maximum Gasteiger partial charge on any atom is 0.271 e. The van der Waals surface area contributed by atoms with Crippen LogP contribution in [0.3, 0.4) is 0 Å². The predicted octanol–water partition coefficient (Wildman–Crippen LogP) is 4.09. The normalized spacial score (nSPS) is 11.2. The van der Waals surface area contributed by atoms with Crippen LogP contribution in [-0.2, 0) is 4.79 Å². The van der Waals surface area contributed by atoms with Crippen LogP contribution < -0.4 is 5.32 Å². The van der Waals surface area contributed by atoms with E-state index in [2.05, 4.69) is 23.5 Å². The molecule has 1 heterocycles. The minimum Gasteiger partial charge on any atom is -0.426 e. The first-order valence-corrected chi connectivity index (χ1v) is 8.17. The highest BCUT2D eigenvalue weighted by molar-refractivity contribution is 6.06. The van der Waals surface area contributed by atoms with Crippen LogP contribution in [0, 0.1) is 10.1 Å². The number of nitro benzene ring substituents is 1. The fourth-order valence-corrected chi connectivity index (χ4v) is 2.65. The summed E-state index contributed by atoms with van der Waals surface area (Å²) in [6, 6.07) is 10.7. The topological polar surface area (TPSA) is 110 Å². The number of carbonyl (C=O) groups excluding carboxylic acids is 1. The largest absolute Gasteiger partial charge is 0.426 e. The lowest BCUT2D eigenvalue weighted by Crippen LogP contribution is -2.13. The maximum absolute atomic E-state index is 12.3. The average molecular weight is 376 g/mol. The van der Waals surface area contributed by atoms with E-state index in [0.717, 1.165) is 4.73 Å². The number of hydrogen-bond acceptors (Lipinski definition) is 5. The molecule has 8 nitrogen and oxygen atoms in total. The van der Waals surface area contributed by atoms with Crippen molar-refractivity contribution in [3.8, 4) is 11.4 Å². The number of hydrogen-bond donors (Lipinski definition) is 2. The lowest BCUT2D eigenvalue weighted by molar-refractivity contribution is -0.384. The van der Waals surface area contributed by atoms with Crippen LogP contribution in [0.1, 0.15) is 0 Å². The molecule has 0 spiro atoms. The van der Waals surface area contributed by atoms with Gasteiger partial charge in [0.05, 0.1) is 10.4 Å². The molecular weight excluding hydrogens is 360 g/mol. The molecule has 2 N–H and O–H groups in total. The number of amides is 1. The Hall–Kier alpha value is -4.20. The van der Waals surface area contributed by atoms with Gasteiger partial charge in [0.2, 0.25) is 0 Å². The van der Waals surface area contributed by atoms with Crippen molar-refractivity contribution >= 4 is 28.3 Å². The van der Waals surface area contributed by atoms with Gasteiger partial charge < -0.3 is 10.5 Å². The van der Waals surface area contributed by atoms with Crippen molar-refractivity contribution in [3.05, 3.63) is 89.5 Å². The first-order chi connectivity index (χ1) is 13.4. The van der Waals surface area contributed by atoms with Gasteiger partial charge in [-0.2, -0.15) is 4.73 Å². The Morgan fingerprint density at radius 2 is 2.04 bits per heavy atom. The number of non-ortho nitro benzene ring substituents is 1. The van der Waals surface area contributed by atoms with Gasteiger partial charge in [-0.3, -0.25) is 14.9 Å². The Bertz CT molecular complexity index is 1140. The van der Waals surface area contributed by atoms with E-state index in [1.165, 1.54) is 36.4 Å². The molecule has 0 atom stereocenters. The predicted molar refractivity (Wildman–Crippen MR) is 106 cm³/mol. The zero-order valence-electron chi connectivity index (χ0n) is 14.7. The molecule has 1 amide bonds. The molecule has 0 unspecified atom stereocenters. The van der Waals surface area contributed by atoms with Crippen LogP contribution >= 0.6 is 0 Å². The van der Waals surface area contributed by atoms with Gasteiger partial charge >= 0.3 is 0 Å². The summed E-state index contributed by atoms with van der Waals surface area (Å²) in [4.78, 5) is 27.0.